The standard InChI is InChI=1S/C11H15N3O3S/c15-11(9-3-4-10(18-9)14(16)17)13-7-8-2-1-5-12-6-8/h3-4,8,12H,1-2,5-7H2,(H,13,15). The highest BCUT2D eigenvalue weighted by Gasteiger charge is 2.17. The zero-order chi connectivity index (χ0) is 13.0. The summed E-state index contributed by atoms with van der Waals surface area (Å²) in [7, 11) is 0. The fourth-order valence-electron chi connectivity index (χ4n) is 1.97. The number of hydrogen-bond donors (Lipinski definition) is 2. The van der Waals surface area contributed by atoms with Gasteiger partial charge in [-0.25, -0.2) is 0 Å². The van der Waals surface area contributed by atoms with E-state index in [9.17, 15) is 14.9 Å². The molecule has 1 aromatic rings. The third-order valence-electron chi connectivity index (χ3n) is 2.95. The van der Waals surface area contributed by atoms with Crippen LogP contribution in [0, 0.1) is 16.0 Å². The minimum Gasteiger partial charge on any atom is -0.351 e. The van der Waals surface area contributed by atoms with Crippen molar-refractivity contribution in [2.24, 2.45) is 5.92 Å². The lowest BCUT2D eigenvalue weighted by atomic mass is 10.00. The van der Waals surface area contributed by atoms with Crippen molar-refractivity contribution in [2.45, 2.75) is 12.8 Å². The number of nitro groups is 1. The van der Waals surface area contributed by atoms with Gasteiger partial charge in [0.25, 0.3) is 5.91 Å². The zero-order valence-electron chi connectivity index (χ0n) is 9.85. The minimum atomic E-state index is -0.480. The predicted molar refractivity (Wildman–Crippen MR) is 68.9 cm³/mol. The lowest BCUT2D eigenvalue weighted by Gasteiger charge is -2.22. The second kappa shape index (κ2) is 5.92. The van der Waals surface area contributed by atoms with Crippen LogP contribution < -0.4 is 10.6 Å². The molecule has 1 aromatic heterocycles. The maximum absolute atomic E-state index is 11.8. The van der Waals surface area contributed by atoms with Gasteiger partial charge in [0.1, 0.15) is 0 Å². The summed E-state index contributed by atoms with van der Waals surface area (Å²) >= 11 is 0.909. The van der Waals surface area contributed by atoms with Gasteiger partial charge >= 0.3 is 5.00 Å². The van der Waals surface area contributed by atoms with Crippen LogP contribution in [0.25, 0.3) is 0 Å². The second-order valence-corrected chi connectivity index (χ2v) is 5.38. The fourth-order valence-corrected chi connectivity index (χ4v) is 2.71. The number of amides is 1. The molecule has 1 amide bonds. The van der Waals surface area contributed by atoms with E-state index in [2.05, 4.69) is 10.6 Å². The van der Waals surface area contributed by atoms with E-state index < -0.39 is 4.92 Å². The Hall–Kier alpha value is -1.47. The van der Waals surface area contributed by atoms with Gasteiger partial charge in [-0.05, 0) is 37.9 Å². The molecule has 0 aliphatic carbocycles. The molecule has 1 aliphatic heterocycles. The smallest absolute Gasteiger partial charge is 0.324 e. The van der Waals surface area contributed by atoms with Crippen molar-refractivity contribution < 1.29 is 9.72 Å². The highest BCUT2D eigenvalue weighted by atomic mass is 32.1. The number of piperidine rings is 1. The van der Waals surface area contributed by atoms with Crippen LogP contribution in [0.2, 0.25) is 0 Å². The summed E-state index contributed by atoms with van der Waals surface area (Å²) < 4.78 is 0. The van der Waals surface area contributed by atoms with E-state index in [4.69, 9.17) is 0 Å². The molecule has 0 radical (unpaired) electrons. The largest absolute Gasteiger partial charge is 0.351 e. The van der Waals surface area contributed by atoms with Crippen LogP contribution in [0.15, 0.2) is 12.1 Å². The highest BCUT2D eigenvalue weighted by molar-refractivity contribution is 7.17. The molecule has 0 aromatic carbocycles. The van der Waals surface area contributed by atoms with Crippen LogP contribution in [0.4, 0.5) is 5.00 Å². The normalized spacial score (nSPS) is 19.4. The van der Waals surface area contributed by atoms with E-state index in [0.29, 0.717) is 17.3 Å². The number of carbonyl (C=O) groups excluding carboxylic acids is 1. The number of nitrogens with zero attached hydrogens (tertiary/aromatic N) is 1. The third-order valence-corrected chi connectivity index (χ3v) is 3.98. The van der Waals surface area contributed by atoms with E-state index in [1.807, 2.05) is 0 Å². The Morgan fingerprint density at radius 2 is 2.44 bits per heavy atom. The van der Waals surface area contributed by atoms with E-state index in [1.165, 1.54) is 12.1 Å². The van der Waals surface area contributed by atoms with Gasteiger partial charge in [0, 0.05) is 12.6 Å². The molecule has 7 heteroatoms. The summed E-state index contributed by atoms with van der Waals surface area (Å²) in [5.74, 6) is 0.233. The molecule has 6 nitrogen and oxygen atoms in total. The summed E-state index contributed by atoms with van der Waals surface area (Å²) in [5.41, 5.74) is 0. The Labute approximate surface area is 109 Å². The lowest BCUT2D eigenvalue weighted by Crippen LogP contribution is -2.37. The van der Waals surface area contributed by atoms with Gasteiger partial charge in [-0.3, -0.25) is 14.9 Å². The summed E-state index contributed by atoms with van der Waals surface area (Å²) in [6.45, 7) is 2.59. The Kier molecular flexibility index (Phi) is 4.27. The zero-order valence-corrected chi connectivity index (χ0v) is 10.7. The number of rotatable bonds is 4. The minimum absolute atomic E-state index is 0.000479. The molecule has 1 fully saturated rings. The molecule has 1 aliphatic rings. The van der Waals surface area contributed by atoms with Crippen LogP contribution in [-0.4, -0.2) is 30.5 Å². The molecule has 18 heavy (non-hydrogen) atoms. The predicted octanol–water partition coefficient (Wildman–Crippen LogP) is 1.39. The average Bonchev–Trinajstić information content (AvgIpc) is 2.87. The van der Waals surface area contributed by atoms with Crippen molar-refractivity contribution in [1.82, 2.24) is 10.6 Å². The number of thiophene rings is 1. The highest BCUT2D eigenvalue weighted by Crippen LogP contribution is 2.23. The van der Waals surface area contributed by atoms with Crippen molar-refractivity contribution in [1.29, 1.82) is 0 Å². The Bertz CT molecular complexity index is 440. The molecular weight excluding hydrogens is 254 g/mol. The summed E-state index contributed by atoms with van der Waals surface area (Å²) in [6, 6.07) is 2.86. The summed E-state index contributed by atoms with van der Waals surface area (Å²) in [4.78, 5) is 22.2. The van der Waals surface area contributed by atoms with E-state index in [0.717, 1.165) is 37.3 Å². The molecule has 2 N–H and O–H groups in total. The molecule has 2 rings (SSSR count). The molecule has 0 bridgehead atoms. The first kappa shape index (κ1) is 13.0. The SMILES string of the molecule is O=C(NCC1CCCNC1)c1ccc([N+](=O)[O-])s1. The molecule has 0 saturated carbocycles. The van der Waals surface area contributed by atoms with Crippen molar-refractivity contribution in [2.75, 3.05) is 19.6 Å². The quantitative estimate of drug-likeness (QED) is 0.639. The second-order valence-electron chi connectivity index (χ2n) is 4.32. The van der Waals surface area contributed by atoms with Gasteiger partial charge in [0.15, 0.2) is 0 Å². The molecule has 98 valence electrons. The Morgan fingerprint density at radius 1 is 1.61 bits per heavy atom. The topological polar surface area (TPSA) is 84.3 Å². The van der Waals surface area contributed by atoms with Crippen LogP contribution in [0.5, 0.6) is 0 Å². The molecule has 1 atom stereocenters. The van der Waals surface area contributed by atoms with Crippen molar-refractivity contribution >= 4 is 22.2 Å². The van der Waals surface area contributed by atoms with Gasteiger partial charge in [-0.2, -0.15) is 0 Å². The molecule has 0 spiro atoms. The number of hydrogen-bond acceptors (Lipinski definition) is 5. The van der Waals surface area contributed by atoms with E-state index >= 15 is 0 Å². The Balaban J connectivity index is 1.84. The van der Waals surface area contributed by atoms with Gasteiger partial charge < -0.3 is 10.6 Å². The van der Waals surface area contributed by atoms with E-state index in [1.54, 1.807) is 0 Å². The van der Waals surface area contributed by atoms with Crippen LogP contribution in [-0.2, 0) is 0 Å². The number of nitrogens with one attached hydrogen (secondary N) is 2. The van der Waals surface area contributed by atoms with Crippen molar-refractivity contribution in [3.8, 4) is 0 Å². The number of carbonyl (C=O) groups is 1. The maximum atomic E-state index is 11.8. The molecule has 2 heterocycles. The van der Waals surface area contributed by atoms with Gasteiger partial charge in [-0.1, -0.05) is 11.3 Å². The molecule has 1 unspecified atom stereocenters. The monoisotopic (exact) mass is 269 g/mol. The van der Waals surface area contributed by atoms with Gasteiger partial charge in [0.05, 0.1) is 9.80 Å². The van der Waals surface area contributed by atoms with Crippen LogP contribution in [0.1, 0.15) is 22.5 Å². The lowest BCUT2D eigenvalue weighted by molar-refractivity contribution is -0.380. The fraction of sp³-hybridized carbons (Fsp3) is 0.545. The van der Waals surface area contributed by atoms with Crippen molar-refractivity contribution in [3.63, 3.8) is 0 Å². The van der Waals surface area contributed by atoms with Crippen molar-refractivity contribution in [3.05, 3.63) is 27.1 Å². The maximum Gasteiger partial charge on any atom is 0.324 e. The first-order valence-electron chi connectivity index (χ1n) is 5.90. The first-order chi connectivity index (χ1) is 8.66. The average molecular weight is 269 g/mol. The van der Waals surface area contributed by atoms with Gasteiger partial charge in [-0.15, -0.1) is 0 Å². The molecular formula is C11H15N3O3S. The van der Waals surface area contributed by atoms with Gasteiger partial charge in [0.2, 0.25) is 0 Å². The summed E-state index contributed by atoms with van der Waals surface area (Å²) in [5, 5.41) is 16.6. The Morgan fingerprint density at radius 3 is 3.06 bits per heavy atom. The first-order valence-corrected chi connectivity index (χ1v) is 6.71. The van der Waals surface area contributed by atoms with E-state index in [-0.39, 0.29) is 10.9 Å². The third kappa shape index (κ3) is 3.27. The van der Waals surface area contributed by atoms with Crippen LogP contribution >= 0.6 is 11.3 Å². The summed E-state index contributed by atoms with van der Waals surface area (Å²) in [6.07, 6.45) is 2.24. The van der Waals surface area contributed by atoms with Crippen LogP contribution in [0.3, 0.4) is 0 Å². The molecule has 1 saturated heterocycles.